The van der Waals surface area contributed by atoms with Crippen molar-refractivity contribution in [3.05, 3.63) is 63.8 Å². The van der Waals surface area contributed by atoms with E-state index in [-0.39, 0.29) is 40.1 Å². The van der Waals surface area contributed by atoms with Crippen LogP contribution in [0.15, 0.2) is 36.4 Å². The standard InChI is InChI=1S/C23H26ClF2N3O3/c1-14-13-28(22(30)32-23(2,3)4)9-10-29(14)21(27-31)17-11-18(24)16(12-20(17)26)15-7-5-6-8-19(15)25/h5-8,11-12,14,27H,9-10,13H2,1-4H3/t14-/m0/s1. The van der Waals surface area contributed by atoms with Gasteiger partial charge in [0.15, 0.2) is 0 Å². The van der Waals surface area contributed by atoms with Gasteiger partial charge in [0.05, 0.1) is 13.1 Å². The van der Waals surface area contributed by atoms with Crippen molar-refractivity contribution in [3.8, 4) is 11.1 Å². The highest BCUT2D eigenvalue weighted by Gasteiger charge is 2.37. The van der Waals surface area contributed by atoms with Gasteiger partial charge < -0.3 is 14.8 Å². The molecule has 1 N–H and O–H groups in total. The van der Waals surface area contributed by atoms with E-state index in [9.17, 15) is 14.4 Å². The topological polar surface area (TPSA) is 69.8 Å². The number of rotatable bonds is 2. The van der Waals surface area contributed by atoms with Crippen molar-refractivity contribution in [1.29, 1.82) is 0 Å². The summed E-state index contributed by atoms with van der Waals surface area (Å²) in [4.78, 5) is 15.6. The first-order chi connectivity index (χ1) is 15.0. The minimum absolute atomic E-state index is 0.000761. The first kappa shape index (κ1) is 23.8. The summed E-state index contributed by atoms with van der Waals surface area (Å²) >= 11 is 6.35. The maximum Gasteiger partial charge on any atom is 0.410 e. The Kier molecular flexibility index (Phi) is 6.93. The molecule has 0 spiro atoms. The third-order valence-corrected chi connectivity index (χ3v) is 5.45. The van der Waals surface area contributed by atoms with Gasteiger partial charge in [-0.15, -0.1) is 0 Å². The van der Waals surface area contributed by atoms with Crippen molar-refractivity contribution in [2.75, 3.05) is 19.6 Å². The summed E-state index contributed by atoms with van der Waals surface area (Å²) in [7, 11) is 0. The van der Waals surface area contributed by atoms with Crippen LogP contribution in [0.5, 0.6) is 0 Å². The van der Waals surface area contributed by atoms with Crippen molar-refractivity contribution >= 4 is 23.5 Å². The zero-order valence-corrected chi connectivity index (χ0v) is 19.2. The Hall–Kier alpha value is -2.87. The molecule has 0 bridgehead atoms. The maximum absolute atomic E-state index is 15.1. The van der Waals surface area contributed by atoms with Gasteiger partial charge in [-0.1, -0.05) is 29.8 Å². The van der Waals surface area contributed by atoms with Gasteiger partial charge in [-0.2, -0.15) is 0 Å². The third-order valence-electron chi connectivity index (χ3n) is 5.14. The highest BCUT2D eigenvalue weighted by Crippen LogP contribution is 2.32. The van der Waals surface area contributed by atoms with E-state index in [0.717, 1.165) is 6.07 Å². The van der Waals surface area contributed by atoms with Crippen LogP contribution in [-0.4, -0.2) is 53.0 Å². The lowest BCUT2D eigenvalue weighted by Crippen LogP contribution is -2.73. The number of ether oxygens (including phenoxy) is 1. The molecule has 1 saturated heterocycles. The monoisotopic (exact) mass is 465 g/mol. The molecule has 172 valence electrons. The van der Waals surface area contributed by atoms with Gasteiger partial charge in [0, 0.05) is 16.1 Å². The van der Waals surface area contributed by atoms with Gasteiger partial charge in [-0.3, -0.25) is 10.1 Å². The predicted molar refractivity (Wildman–Crippen MR) is 119 cm³/mol. The molecule has 1 aliphatic heterocycles. The molecular weight excluding hydrogens is 440 g/mol. The van der Waals surface area contributed by atoms with Crippen LogP contribution in [0.25, 0.3) is 11.1 Å². The van der Waals surface area contributed by atoms with E-state index in [1.54, 1.807) is 36.6 Å². The summed E-state index contributed by atoms with van der Waals surface area (Å²) < 4.78 is 34.6. The molecule has 0 unspecified atom stereocenters. The molecular formula is C23H26ClF2N3O3. The van der Waals surface area contributed by atoms with E-state index in [1.165, 1.54) is 24.3 Å². The summed E-state index contributed by atoms with van der Waals surface area (Å²) in [6.45, 7) is 8.06. The lowest BCUT2D eigenvalue weighted by atomic mass is 10.0. The van der Waals surface area contributed by atoms with Gasteiger partial charge in [-0.25, -0.2) is 13.6 Å². The van der Waals surface area contributed by atoms with Gasteiger partial charge in [-0.05, 0) is 45.9 Å². The van der Waals surface area contributed by atoms with E-state index in [4.69, 9.17) is 16.3 Å². The van der Waals surface area contributed by atoms with E-state index >= 15 is 4.39 Å². The number of nitrogens with one attached hydrogen (secondary N) is 1. The highest BCUT2D eigenvalue weighted by atomic mass is 35.5. The second-order valence-electron chi connectivity index (χ2n) is 8.71. The number of carbonyl (C=O) groups is 1. The summed E-state index contributed by atoms with van der Waals surface area (Å²) in [5, 5.41) is 13.8. The van der Waals surface area contributed by atoms with Crippen LogP contribution in [0.4, 0.5) is 13.6 Å². The van der Waals surface area contributed by atoms with Crippen LogP contribution in [0.2, 0.25) is 5.02 Å². The fraction of sp³-hybridized carbons (Fsp3) is 0.391. The number of hydrogen-bond donors (Lipinski definition) is 1. The molecule has 9 heteroatoms. The average Bonchev–Trinajstić information content (AvgIpc) is 2.71. The number of hydrogen-bond acceptors (Lipinski definition) is 3. The zero-order chi connectivity index (χ0) is 23.6. The first-order valence-electron chi connectivity index (χ1n) is 10.3. The highest BCUT2D eigenvalue weighted by molar-refractivity contribution is 6.33. The molecule has 0 radical (unpaired) electrons. The molecule has 6 nitrogen and oxygen atoms in total. The smallest absolute Gasteiger partial charge is 0.410 e. The van der Waals surface area contributed by atoms with Crippen molar-refractivity contribution < 1.29 is 23.5 Å². The molecule has 0 aliphatic carbocycles. The number of amides is 1. The fourth-order valence-electron chi connectivity index (χ4n) is 3.66. The summed E-state index contributed by atoms with van der Waals surface area (Å²) in [5.41, 5.74) is -0.286. The number of nitrogens with zero attached hydrogens (tertiary/aromatic N) is 2. The number of amidine groups is 1. The predicted octanol–water partition coefficient (Wildman–Crippen LogP) is 3.55. The van der Waals surface area contributed by atoms with Crippen LogP contribution in [0.1, 0.15) is 33.3 Å². The molecule has 1 atom stereocenters. The Morgan fingerprint density at radius 1 is 1.16 bits per heavy atom. The molecule has 3 rings (SSSR count). The van der Waals surface area contributed by atoms with E-state index < -0.39 is 23.3 Å². The molecule has 0 saturated carbocycles. The molecule has 1 amide bonds. The Balaban J connectivity index is 1.84. The number of halogens is 3. The Morgan fingerprint density at radius 2 is 1.84 bits per heavy atom. The van der Waals surface area contributed by atoms with Gasteiger partial charge in [0.25, 0.3) is 5.84 Å². The molecule has 2 aromatic carbocycles. The second kappa shape index (κ2) is 9.32. The quantitative estimate of drug-likeness (QED) is 0.319. The van der Waals surface area contributed by atoms with Crippen molar-refractivity contribution in [3.63, 3.8) is 0 Å². The van der Waals surface area contributed by atoms with Crippen LogP contribution < -0.4 is 5.16 Å². The maximum atomic E-state index is 15.1. The van der Waals surface area contributed by atoms with Crippen LogP contribution in [-0.2, 0) is 4.74 Å². The van der Waals surface area contributed by atoms with Crippen LogP contribution in [0.3, 0.4) is 0 Å². The van der Waals surface area contributed by atoms with Gasteiger partial charge >= 0.3 is 6.09 Å². The second-order valence-corrected chi connectivity index (χ2v) is 9.12. The summed E-state index contributed by atoms with van der Waals surface area (Å²) in [6, 6.07) is 8.06. The lowest BCUT2D eigenvalue weighted by Gasteiger charge is -2.37. The summed E-state index contributed by atoms with van der Waals surface area (Å²) in [5.74, 6) is -1.24. The van der Waals surface area contributed by atoms with Crippen molar-refractivity contribution in [2.24, 2.45) is 0 Å². The lowest BCUT2D eigenvalue weighted by molar-refractivity contribution is -0.381. The normalized spacial score (nSPS) is 17.5. The molecule has 32 heavy (non-hydrogen) atoms. The van der Waals surface area contributed by atoms with Gasteiger partial charge in [0.2, 0.25) is 0 Å². The fourth-order valence-corrected chi connectivity index (χ4v) is 3.93. The number of carbonyl (C=O) groups excluding carboxylic acids is 1. The Labute approximate surface area is 191 Å². The molecule has 1 heterocycles. The zero-order valence-electron chi connectivity index (χ0n) is 18.4. The summed E-state index contributed by atoms with van der Waals surface area (Å²) in [6.07, 6.45) is -0.441. The molecule has 1 fully saturated rings. The molecule has 0 aromatic heterocycles. The van der Waals surface area contributed by atoms with Crippen LogP contribution in [0, 0.1) is 16.8 Å². The Morgan fingerprint density at radius 3 is 2.44 bits per heavy atom. The van der Waals surface area contributed by atoms with Gasteiger partial charge in [0.1, 0.15) is 35.4 Å². The number of piperazine rings is 1. The largest absolute Gasteiger partial charge is 0.717 e. The van der Waals surface area contributed by atoms with Crippen molar-refractivity contribution in [2.45, 2.75) is 39.3 Å². The van der Waals surface area contributed by atoms with Crippen molar-refractivity contribution in [1.82, 2.24) is 9.80 Å². The third kappa shape index (κ3) is 5.12. The minimum Gasteiger partial charge on any atom is -0.717 e. The molecule has 2 aromatic rings. The molecule has 1 aliphatic rings. The minimum atomic E-state index is -0.715. The average molecular weight is 466 g/mol. The van der Waals surface area contributed by atoms with E-state index in [2.05, 4.69) is 0 Å². The SMILES string of the molecule is C[C@H]1CN(C(=O)OC(C)(C)C)CCN1C(=[NH+][O-])c1cc(Cl)c(-c2ccccc2F)cc1F. The first-order valence-corrected chi connectivity index (χ1v) is 10.6. The Bertz CT molecular complexity index is 1040. The van der Waals surface area contributed by atoms with Crippen LogP contribution >= 0.6 is 11.6 Å². The number of benzene rings is 2. The van der Waals surface area contributed by atoms with E-state index in [0.29, 0.717) is 13.1 Å². The van der Waals surface area contributed by atoms with E-state index in [1.807, 2.05) is 12.1 Å².